The molecular formula is C17H32N2O3. The minimum atomic E-state index is 0.0980. The Balaban J connectivity index is 0.00000211. The summed E-state index contributed by atoms with van der Waals surface area (Å²) in [5, 5.41) is 9.17. The number of carbonyl (C=O) groups excluding carboxylic acids is 2. The third kappa shape index (κ3) is 8.29. The summed E-state index contributed by atoms with van der Waals surface area (Å²) < 4.78 is 0. The first-order valence-corrected chi connectivity index (χ1v) is 8.33. The van der Waals surface area contributed by atoms with Crippen LogP contribution in [0.1, 0.15) is 40.0 Å². The molecule has 0 aromatic heterocycles. The van der Waals surface area contributed by atoms with Crippen molar-refractivity contribution < 1.29 is 14.7 Å². The van der Waals surface area contributed by atoms with Gasteiger partial charge in [-0.25, -0.2) is 0 Å². The second-order valence-corrected chi connectivity index (χ2v) is 5.45. The number of nitrogens with zero attached hydrogens (tertiary/aromatic N) is 2. The number of likely N-dealkylation sites (tertiary alicyclic amines) is 1. The van der Waals surface area contributed by atoms with Crippen LogP contribution in [0.25, 0.3) is 0 Å². The molecule has 1 saturated heterocycles. The fraction of sp³-hybridized carbons (Fsp3) is 0.765. The van der Waals surface area contributed by atoms with Crippen molar-refractivity contribution in [3.63, 3.8) is 0 Å². The summed E-state index contributed by atoms with van der Waals surface area (Å²) in [5.74, 6) is 0.424. The van der Waals surface area contributed by atoms with E-state index in [2.05, 4.69) is 0 Å². The molecule has 0 saturated carbocycles. The van der Waals surface area contributed by atoms with Gasteiger partial charge in [0.25, 0.3) is 0 Å². The minimum Gasteiger partial charge on any atom is -0.396 e. The molecule has 1 aliphatic heterocycles. The Hall–Kier alpha value is -1.20. The highest BCUT2D eigenvalue weighted by Crippen LogP contribution is 2.15. The van der Waals surface area contributed by atoms with E-state index in [0.717, 1.165) is 19.4 Å². The van der Waals surface area contributed by atoms with Gasteiger partial charge in [0.15, 0.2) is 5.78 Å². The summed E-state index contributed by atoms with van der Waals surface area (Å²) in [6.07, 6.45) is 5.84. The van der Waals surface area contributed by atoms with Crippen molar-refractivity contribution in [3.8, 4) is 0 Å². The monoisotopic (exact) mass is 312 g/mol. The van der Waals surface area contributed by atoms with Gasteiger partial charge < -0.3 is 10.0 Å². The lowest BCUT2D eigenvalue weighted by atomic mass is 9.99. The lowest BCUT2D eigenvalue weighted by Crippen LogP contribution is -2.45. The number of piperidine rings is 1. The number of ketones is 1. The van der Waals surface area contributed by atoms with Gasteiger partial charge in [-0.3, -0.25) is 14.5 Å². The number of hydrogen-bond donors (Lipinski definition) is 1. The van der Waals surface area contributed by atoms with Crippen LogP contribution in [0.3, 0.4) is 0 Å². The van der Waals surface area contributed by atoms with Crippen LogP contribution >= 0.6 is 0 Å². The molecule has 22 heavy (non-hydrogen) atoms. The lowest BCUT2D eigenvalue weighted by molar-refractivity contribution is -0.134. The van der Waals surface area contributed by atoms with Crippen LogP contribution < -0.4 is 0 Å². The number of aliphatic hydroxyl groups excluding tert-OH is 1. The Kier molecular flexibility index (Phi) is 11.7. The van der Waals surface area contributed by atoms with E-state index in [4.69, 9.17) is 0 Å². The number of hydrogen-bond acceptors (Lipinski definition) is 4. The second kappa shape index (κ2) is 12.4. The molecule has 1 rings (SSSR count). The number of amides is 1. The normalized spacial score (nSPS) is 18.3. The molecule has 0 spiro atoms. The Morgan fingerprint density at radius 1 is 1.36 bits per heavy atom. The van der Waals surface area contributed by atoms with E-state index < -0.39 is 0 Å². The van der Waals surface area contributed by atoms with Gasteiger partial charge in [0.05, 0.1) is 6.54 Å². The van der Waals surface area contributed by atoms with E-state index in [1.807, 2.05) is 37.6 Å². The van der Waals surface area contributed by atoms with Crippen LogP contribution in [0.5, 0.6) is 0 Å². The molecule has 5 heteroatoms. The van der Waals surface area contributed by atoms with Crippen molar-refractivity contribution in [2.24, 2.45) is 5.92 Å². The fourth-order valence-electron chi connectivity index (χ4n) is 2.32. The zero-order valence-electron chi connectivity index (χ0n) is 14.5. The highest BCUT2D eigenvalue weighted by Gasteiger charge is 2.23. The Morgan fingerprint density at radius 2 is 2.05 bits per heavy atom. The van der Waals surface area contributed by atoms with Gasteiger partial charge in [-0.1, -0.05) is 26.8 Å². The third-order valence-corrected chi connectivity index (χ3v) is 3.60. The molecule has 1 atom stereocenters. The van der Waals surface area contributed by atoms with Crippen molar-refractivity contribution in [1.82, 2.24) is 9.80 Å². The molecule has 1 unspecified atom stereocenters. The zero-order chi connectivity index (χ0) is 17.0. The van der Waals surface area contributed by atoms with Crippen molar-refractivity contribution >= 4 is 11.7 Å². The maximum absolute atomic E-state index is 12.1. The predicted molar refractivity (Wildman–Crippen MR) is 89.7 cm³/mol. The predicted octanol–water partition coefficient (Wildman–Crippen LogP) is 1.71. The first kappa shape index (κ1) is 20.8. The summed E-state index contributed by atoms with van der Waals surface area (Å²) in [4.78, 5) is 27.0. The van der Waals surface area contributed by atoms with Crippen LogP contribution in [-0.2, 0) is 9.59 Å². The summed E-state index contributed by atoms with van der Waals surface area (Å²) in [6, 6.07) is 0. The lowest BCUT2D eigenvalue weighted by Gasteiger charge is -2.32. The number of allylic oxidation sites excluding steroid dienone is 1. The van der Waals surface area contributed by atoms with E-state index in [0.29, 0.717) is 26.1 Å². The Bertz CT molecular complexity index is 356. The molecule has 5 nitrogen and oxygen atoms in total. The van der Waals surface area contributed by atoms with Gasteiger partial charge in [0.2, 0.25) is 5.91 Å². The highest BCUT2D eigenvalue weighted by atomic mass is 16.3. The Labute approximate surface area is 135 Å². The summed E-state index contributed by atoms with van der Waals surface area (Å²) in [7, 11) is 1.87. The van der Waals surface area contributed by atoms with Gasteiger partial charge in [-0.2, -0.15) is 0 Å². The number of rotatable bonds is 7. The van der Waals surface area contributed by atoms with E-state index in [1.165, 1.54) is 0 Å². The molecule has 1 amide bonds. The Morgan fingerprint density at radius 3 is 2.64 bits per heavy atom. The van der Waals surface area contributed by atoms with Gasteiger partial charge in [-0.15, -0.1) is 0 Å². The number of likely N-dealkylation sites (N-methyl/N-ethyl adjacent to an activating group) is 1. The van der Waals surface area contributed by atoms with Crippen molar-refractivity contribution in [2.75, 3.05) is 39.8 Å². The summed E-state index contributed by atoms with van der Waals surface area (Å²) in [6.45, 7) is 8.37. The summed E-state index contributed by atoms with van der Waals surface area (Å²) in [5.41, 5.74) is 0. The molecule has 1 N–H and O–H groups in total. The van der Waals surface area contributed by atoms with Gasteiger partial charge >= 0.3 is 0 Å². The third-order valence-electron chi connectivity index (χ3n) is 3.60. The van der Waals surface area contributed by atoms with Gasteiger partial charge in [0, 0.05) is 32.7 Å². The average Bonchev–Trinajstić information content (AvgIpc) is 2.56. The van der Waals surface area contributed by atoms with E-state index >= 15 is 0 Å². The number of aliphatic hydroxyl groups is 1. The molecule has 128 valence electrons. The van der Waals surface area contributed by atoms with Crippen molar-refractivity contribution in [1.29, 1.82) is 0 Å². The number of carbonyl (C=O) groups is 2. The molecule has 0 radical (unpaired) electrons. The summed E-state index contributed by atoms with van der Waals surface area (Å²) >= 11 is 0. The second-order valence-electron chi connectivity index (χ2n) is 5.45. The van der Waals surface area contributed by atoms with E-state index in [-0.39, 0.29) is 24.2 Å². The first-order valence-electron chi connectivity index (χ1n) is 8.33. The van der Waals surface area contributed by atoms with E-state index in [9.17, 15) is 14.7 Å². The molecule has 0 aromatic carbocycles. The SMILES string of the molecule is CC.CCC(=O)/C=C/CN(C)CC(=O)N1CCCC(CO)C1. The molecule has 0 aromatic rings. The van der Waals surface area contributed by atoms with Crippen molar-refractivity contribution in [2.45, 2.75) is 40.0 Å². The molecule has 0 bridgehead atoms. The molecule has 0 aliphatic carbocycles. The molecule has 1 aliphatic rings. The largest absolute Gasteiger partial charge is 0.396 e. The van der Waals surface area contributed by atoms with Gasteiger partial charge in [0.1, 0.15) is 0 Å². The average molecular weight is 312 g/mol. The van der Waals surface area contributed by atoms with E-state index in [1.54, 1.807) is 12.2 Å². The quantitative estimate of drug-likeness (QED) is 0.727. The zero-order valence-corrected chi connectivity index (χ0v) is 14.5. The minimum absolute atomic E-state index is 0.0980. The topological polar surface area (TPSA) is 60.9 Å². The van der Waals surface area contributed by atoms with Crippen molar-refractivity contribution in [3.05, 3.63) is 12.2 Å². The van der Waals surface area contributed by atoms with Crippen LogP contribution in [0, 0.1) is 5.92 Å². The molecule has 1 heterocycles. The molecule has 1 fully saturated rings. The van der Waals surface area contributed by atoms with Crippen LogP contribution in [0.2, 0.25) is 0 Å². The van der Waals surface area contributed by atoms with Crippen LogP contribution in [0.15, 0.2) is 12.2 Å². The fourth-order valence-corrected chi connectivity index (χ4v) is 2.32. The van der Waals surface area contributed by atoms with Crippen LogP contribution in [0.4, 0.5) is 0 Å². The standard InChI is InChI=1S/C15H26N2O3.C2H6/c1-3-14(19)7-5-8-16(2)11-15(20)17-9-4-6-13(10-17)12-18;1-2/h5,7,13,18H,3-4,6,8-12H2,1-2H3;1-2H3/b7-5+;. The molecular weight excluding hydrogens is 280 g/mol. The maximum Gasteiger partial charge on any atom is 0.236 e. The smallest absolute Gasteiger partial charge is 0.236 e. The maximum atomic E-state index is 12.1. The first-order chi connectivity index (χ1) is 10.6. The van der Waals surface area contributed by atoms with Crippen LogP contribution in [-0.4, -0.2) is 66.4 Å². The van der Waals surface area contributed by atoms with Gasteiger partial charge in [-0.05, 0) is 31.9 Å². The highest BCUT2D eigenvalue weighted by molar-refractivity contribution is 5.89.